The van der Waals surface area contributed by atoms with E-state index in [1.807, 2.05) is 0 Å². The Morgan fingerprint density at radius 1 is 0.936 bits per heavy atom. The molecule has 0 saturated carbocycles. The van der Waals surface area contributed by atoms with E-state index in [4.69, 9.17) is 23.1 Å². The predicted molar refractivity (Wildman–Crippen MR) is 196 cm³/mol. The molecule has 1 heterocycles. The summed E-state index contributed by atoms with van der Waals surface area (Å²) in [6.07, 6.45) is 6.50. The van der Waals surface area contributed by atoms with E-state index in [0.29, 0.717) is 25.4 Å². The summed E-state index contributed by atoms with van der Waals surface area (Å²) in [5.41, 5.74) is 1.32. The Hall–Kier alpha value is -2.76. The van der Waals surface area contributed by atoms with Crippen LogP contribution in [-0.4, -0.2) is 55.3 Å². The maximum atomic E-state index is 12.9. The summed E-state index contributed by atoms with van der Waals surface area (Å²) in [6, 6.07) is 21.5. The van der Waals surface area contributed by atoms with Crippen LogP contribution in [0.2, 0.25) is 23.2 Å². The minimum absolute atomic E-state index is 0.0377. The van der Waals surface area contributed by atoms with Crippen LogP contribution in [0.1, 0.15) is 61.8 Å². The molecule has 6 nitrogen and oxygen atoms in total. The van der Waals surface area contributed by atoms with Crippen molar-refractivity contribution in [3.05, 3.63) is 95.8 Å². The lowest BCUT2D eigenvalue weighted by molar-refractivity contribution is -0.154. The average molecular weight is 677 g/mol. The van der Waals surface area contributed by atoms with Gasteiger partial charge >= 0.3 is 5.97 Å². The molecule has 0 aromatic heterocycles. The smallest absolute Gasteiger partial charge is 0.335 e. The van der Waals surface area contributed by atoms with Crippen LogP contribution in [0, 0.1) is 11.8 Å². The lowest BCUT2D eigenvalue weighted by atomic mass is 9.71. The van der Waals surface area contributed by atoms with Crippen LogP contribution in [0.3, 0.4) is 0 Å². The molecule has 1 aliphatic carbocycles. The average Bonchev–Trinajstić information content (AvgIpc) is 3.31. The Balaban J connectivity index is 1.77. The van der Waals surface area contributed by atoms with Gasteiger partial charge in [-0.05, 0) is 52.0 Å². The van der Waals surface area contributed by atoms with Crippen molar-refractivity contribution in [1.29, 1.82) is 0 Å². The van der Waals surface area contributed by atoms with E-state index < -0.39 is 28.2 Å². The fraction of sp³-hybridized carbons (Fsp3) is 0.513. The molecule has 2 aromatic rings. The maximum absolute atomic E-state index is 12.9. The van der Waals surface area contributed by atoms with Crippen LogP contribution < -0.4 is 10.4 Å². The van der Waals surface area contributed by atoms with Crippen molar-refractivity contribution in [1.82, 2.24) is 0 Å². The van der Waals surface area contributed by atoms with Gasteiger partial charge in [0.25, 0.3) is 8.32 Å². The molecule has 1 aliphatic heterocycles. The fourth-order valence-electron chi connectivity index (χ4n) is 6.59. The Morgan fingerprint density at radius 3 is 2.02 bits per heavy atom. The second kappa shape index (κ2) is 14.4. The molecule has 8 heteroatoms. The molecule has 4 rings (SSSR count). The highest BCUT2D eigenvalue weighted by atomic mass is 28.4. The van der Waals surface area contributed by atoms with Gasteiger partial charge in [-0.15, -0.1) is 0 Å². The van der Waals surface area contributed by atoms with E-state index in [9.17, 15) is 4.79 Å². The van der Waals surface area contributed by atoms with Crippen LogP contribution in [-0.2, 0) is 27.9 Å². The molecular weight excluding hydrogens is 621 g/mol. The summed E-state index contributed by atoms with van der Waals surface area (Å²) < 4.78 is 31.5. The van der Waals surface area contributed by atoms with Crippen LogP contribution in [0.25, 0.3) is 0 Å². The molecule has 256 valence electrons. The summed E-state index contributed by atoms with van der Waals surface area (Å²) in [7, 11) is -3.15. The summed E-state index contributed by atoms with van der Waals surface area (Å²) in [5.74, 6) is -0.0767. The molecule has 0 bridgehead atoms. The quantitative estimate of drug-likeness (QED) is 0.0986. The van der Waals surface area contributed by atoms with E-state index in [1.54, 1.807) is 7.11 Å². The molecule has 0 fully saturated rings. The number of methoxy groups -OCH3 is 1. The van der Waals surface area contributed by atoms with Crippen molar-refractivity contribution in [2.24, 2.45) is 11.8 Å². The van der Waals surface area contributed by atoms with Crippen molar-refractivity contribution in [3.8, 4) is 0 Å². The number of ether oxygens (including phenoxy) is 3. The molecular formula is C39H56O6Si2. The van der Waals surface area contributed by atoms with Gasteiger partial charge in [-0.1, -0.05) is 127 Å². The van der Waals surface area contributed by atoms with Gasteiger partial charge in [0, 0.05) is 19.4 Å². The van der Waals surface area contributed by atoms with Crippen LogP contribution in [0.15, 0.2) is 95.8 Å². The van der Waals surface area contributed by atoms with Gasteiger partial charge in [0.15, 0.2) is 26.5 Å². The zero-order chi connectivity index (χ0) is 34.7. The second-order valence-corrected chi connectivity index (χ2v) is 24.9. The Bertz CT molecular complexity index is 1430. The molecule has 1 spiro atoms. The Labute approximate surface area is 285 Å². The first kappa shape index (κ1) is 37.1. The third-order valence-corrected chi connectivity index (χ3v) is 19.7. The van der Waals surface area contributed by atoms with Gasteiger partial charge in [-0.25, -0.2) is 4.79 Å². The minimum atomic E-state index is -2.76. The largest absolute Gasteiger partial charge is 0.467 e. The molecule has 0 unspecified atom stereocenters. The van der Waals surface area contributed by atoms with Crippen molar-refractivity contribution in [3.63, 3.8) is 0 Å². The van der Waals surface area contributed by atoms with E-state index in [2.05, 4.69) is 141 Å². The lowest BCUT2D eigenvalue weighted by Gasteiger charge is -2.45. The van der Waals surface area contributed by atoms with Crippen molar-refractivity contribution < 1.29 is 27.9 Å². The molecule has 0 amide bonds. The van der Waals surface area contributed by atoms with Crippen molar-refractivity contribution in [2.75, 3.05) is 27.1 Å². The highest BCUT2D eigenvalue weighted by molar-refractivity contribution is 6.99. The molecule has 3 atom stereocenters. The van der Waals surface area contributed by atoms with Gasteiger partial charge in [0.2, 0.25) is 0 Å². The number of carbonyl (C=O) groups is 1. The van der Waals surface area contributed by atoms with E-state index in [1.165, 1.54) is 22.0 Å². The first-order chi connectivity index (χ1) is 22.0. The monoisotopic (exact) mass is 676 g/mol. The predicted octanol–water partition coefficient (Wildman–Crippen LogP) is 7.91. The van der Waals surface area contributed by atoms with Gasteiger partial charge in [-0.3, -0.25) is 0 Å². The zero-order valence-electron chi connectivity index (χ0n) is 30.4. The van der Waals surface area contributed by atoms with E-state index in [0.717, 1.165) is 5.57 Å². The molecule has 47 heavy (non-hydrogen) atoms. The topological polar surface area (TPSA) is 63.2 Å². The number of rotatable bonds is 12. The molecule has 0 N–H and O–H groups in total. The van der Waals surface area contributed by atoms with Gasteiger partial charge < -0.3 is 23.1 Å². The lowest BCUT2D eigenvalue weighted by Crippen LogP contribution is -2.66. The summed E-state index contributed by atoms with van der Waals surface area (Å²) in [5, 5.41) is 2.46. The zero-order valence-corrected chi connectivity index (χ0v) is 32.4. The molecule has 2 aliphatic rings. The third kappa shape index (κ3) is 7.78. The number of esters is 1. The fourth-order valence-corrected chi connectivity index (χ4v) is 12.2. The van der Waals surface area contributed by atoms with E-state index >= 15 is 0 Å². The normalized spacial score (nSPS) is 22.6. The Kier molecular flexibility index (Phi) is 11.3. The summed E-state index contributed by atoms with van der Waals surface area (Å²) >= 11 is 0. The van der Waals surface area contributed by atoms with Crippen molar-refractivity contribution >= 4 is 33.0 Å². The standard InChI is InChI=1S/C39H56O6Si2/c1-29(26-43-46(10,11)37(3,4)5)22-32-23-31(30(2)25-39(32)35(42-28-41-9)24-36(40)45-39)27-44-47(38(6,7)8,33-18-14-12-15-19-33)34-20-16-13-17-21-34/h12-24,30,32H,25-28H2,1-11H3/b29-22+/t30-,32+,39+/m1/s1. The van der Waals surface area contributed by atoms with Crippen LogP contribution in [0.5, 0.6) is 0 Å². The summed E-state index contributed by atoms with van der Waals surface area (Å²) in [4.78, 5) is 12.9. The number of hydrogen-bond donors (Lipinski definition) is 0. The first-order valence-corrected chi connectivity index (χ1v) is 21.6. The number of benzene rings is 2. The highest BCUT2D eigenvalue weighted by Gasteiger charge is 2.54. The number of hydrogen-bond acceptors (Lipinski definition) is 6. The Morgan fingerprint density at radius 2 is 1.51 bits per heavy atom. The molecule has 2 aromatic carbocycles. The number of carbonyl (C=O) groups excluding carboxylic acids is 1. The summed E-state index contributed by atoms with van der Waals surface area (Å²) in [6.45, 7) is 23.5. The first-order valence-electron chi connectivity index (χ1n) is 16.8. The van der Waals surface area contributed by atoms with Gasteiger partial charge in [0.1, 0.15) is 0 Å². The third-order valence-electron chi connectivity index (χ3n) is 10.3. The minimum Gasteiger partial charge on any atom is -0.467 e. The van der Waals surface area contributed by atoms with Gasteiger partial charge in [-0.2, -0.15) is 0 Å². The van der Waals surface area contributed by atoms with Crippen LogP contribution in [0.4, 0.5) is 0 Å². The van der Waals surface area contributed by atoms with Gasteiger partial charge in [0.05, 0.1) is 19.3 Å². The maximum Gasteiger partial charge on any atom is 0.335 e. The van der Waals surface area contributed by atoms with E-state index in [-0.39, 0.29) is 28.7 Å². The molecule has 0 radical (unpaired) electrons. The molecule has 0 saturated heterocycles. The second-order valence-electron chi connectivity index (χ2n) is 15.8. The van der Waals surface area contributed by atoms with Crippen molar-refractivity contribution in [2.45, 2.75) is 90.6 Å². The SMILES string of the molecule is COCOC1=CC(=O)O[C@]12C[C@@H](C)C(CO[Si](c1ccccc1)(c1ccccc1)C(C)(C)C)=C[C@@H]2/C=C(\C)CO[Si](C)(C)C(C)(C)C. The highest BCUT2D eigenvalue weighted by Crippen LogP contribution is 2.48. The van der Waals surface area contributed by atoms with Crippen LogP contribution >= 0.6 is 0 Å².